The molecule has 0 aromatic rings. The summed E-state index contributed by atoms with van der Waals surface area (Å²) in [6.07, 6.45) is 0. The van der Waals surface area contributed by atoms with Crippen molar-refractivity contribution in [2.45, 2.75) is 13.8 Å². The summed E-state index contributed by atoms with van der Waals surface area (Å²) in [7, 11) is 3.42. The molecule has 2 amide bonds. The average Bonchev–Trinajstić information content (AvgIpc) is 2.22. The van der Waals surface area contributed by atoms with E-state index in [2.05, 4.69) is 0 Å². The van der Waals surface area contributed by atoms with Gasteiger partial charge in [0.2, 0.25) is 0 Å². The number of amides is 2. The molecule has 0 atom stereocenters. The molecule has 0 N–H and O–H groups in total. The topological polar surface area (TPSA) is 23.6 Å². The molecule has 0 spiro atoms. The number of thiocarbonyl (C=S) groups is 1. The van der Waals surface area contributed by atoms with Crippen LogP contribution >= 0.6 is 12.2 Å². The van der Waals surface area contributed by atoms with Crippen molar-refractivity contribution in [3.63, 3.8) is 0 Å². The molecule has 64 valence electrons. The first-order valence-corrected chi connectivity index (χ1v) is 4.05. The number of rotatable bonds is 0. The molecule has 1 heterocycles. The van der Waals surface area contributed by atoms with Gasteiger partial charge >= 0.3 is 6.03 Å². The zero-order chi connectivity index (χ0) is 9.02. The summed E-state index contributed by atoms with van der Waals surface area (Å²) < 4.78 is 0. The summed E-state index contributed by atoms with van der Waals surface area (Å²) in [5, 5.41) is 0. The summed E-state index contributed by atoms with van der Waals surface area (Å²) in [6, 6.07) is -0.0139. The Morgan fingerprint density at radius 3 is 1.91 bits per heavy atom. The van der Waals surface area contributed by atoms with Gasteiger partial charge in [-0.15, -0.1) is 0 Å². The summed E-state index contributed by atoms with van der Waals surface area (Å²) in [6.45, 7) is 4.59. The quantitative estimate of drug-likeness (QED) is 0.517. The molecule has 0 aromatic carbocycles. The van der Waals surface area contributed by atoms with Crippen LogP contribution in [0.4, 0.5) is 4.79 Å². The van der Waals surface area contributed by atoms with Gasteiger partial charge in [-0.3, -0.25) is 4.90 Å². The number of nitrogens with zero attached hydrogens (tertiary/aromatic N) is 2. The number of hydrogen-bond acceptors (Lipinski definition) is 2. The fourth-order valence-electron chi connectivity index (χ4n) is 0.739. The second-order valence-corrected chi connectivity index (χ2v) is 2.56. The number of likely N-dealkylation sites (N-methyl/N-ethyl adjacent to an activating group) is 2. The minimum absolute atomic E-state index is 0.0139. The van der Waals surface area contributed by atoms with Gasteiger partial charge in [-0.1, -0.05) is 26.1 Å². The van der Waals surface area contributed by atoms with Crippen LogP contribution < -0.4 is 0 Å². The molecule has 0 unspecified atom stereocenters. The monoisotopic (exact) mass is 174 g/mol. The Kier molecular flexibility index (Phi) is 4.03. The summed E-state index contributed by atoms with van der Waals surface area (Å²) in [4.78, 5) is 14.6. The molecule has 0 aromatic heterocycles. The first-order valence-electron chi connectivity index (χ1n) is 3.64. The van der Waals surface area contributed by atoms with E-state index in [1.54, 1.807) is 19.0 Å². The molecule has 1 fully saturated rings. The van der Waals surface area contributed by atoms with Crippen LogP contribution in [-0.2, 0) is 0 Å². The minimum Gasteiger partial charge on any atom is -0.321 e. The number of carbonyl (C=O) groups is 1. The Morgan fingerprint density at radius 1 is 1.36 bits per heavy atom. The van der Waals surface area contributed by atoms with Crippen LogP contribution in [0.1, 0.15) is 13.8 Å². The summed E-state index contributed by atoms with van der Waals surface area (Å²) in [5.74, 6) is 0. The highest BCUT2D eigenvalue weighted by Crippen LogP contribution is 2.05. The first kappa shape index (κ1) is 10.4. The van der Waals surface area contributed by atoms with Gasteiger partial charge in [-0.05, 0) is 0 Å². The fourth-order valence-corrected chi connectivity index (χ4v) is 1.01. The zero-order valence-corrected chi connectivity index (χ0v) is 8.23. The molecular weight excluding hydrogens is 160 g/mol. The van der Waals surface area contributed by atoms with E-state index in [1.165, 1.54) is 4.90 Å². The van der Waals surface area contributed by atoms with Gasteiger partial charge in [0.25, 0.3) is 0 Å². The van der Waals surface area contributed by atoms with Crippen molar-refractivity contribution in [2.24, 2.45) is 0 Å². The molecule has 1 aliphatic rings. The van der Waals surface area contributed by atoms with Crippen LogP contribution in [0.15, 0.2) is 0 Å². The van der Waals surface area contributed by atoms with Gasteiger partial charge < -0.3 is 4.90 Å². The summed E-state index contributed by atoms with van der Waals surface area (Å²) in [5.41, 5.74) is 0. The molecule has 0 aliphatic carbocycles. The highest BCUT2D eigenvalue weighted by molar-refractivity contribution is 7.80. The van der Waals surface area contributed by atoms with Crippen LogP contribution in [-0.4, -0.2) is 41.5 Å². The third-order valence-corrected chi connectivity index (χ3v) is 1.76. The lowest BCUT2D eigenvalue weighted by Gasteiger charge is -2.06. The largest absolute Gasteiger partial charge is 0.324 e. The van der Waals surface area contributed by atoms with Crippen molar-refractivity contribution < 1.29 is 4.79 Å². The molecule has 1 aliphatic heterocycles. The smallest absolute Gasteiger partial charge is 0.321 e. The molecule has 0 radical (unpaired) electrons. The van der Waals surface area contributed by atoms with E-state index < -0.39 is 0 Å². The van der Waals surface area contributed by atoms with Crippen molar-refractivity contribution in [1.82, 2.24) is 9.80 Å². The van der Waals surface area contributed by atoms with E-state index in [1.807, 2.05) is 13.8 Å². The van der Waals surface area contributed by atoms with E-state index in [0.29, 0.717) is 11.5 Å². The van der Waals surface area contributed by atoms with Crippen LogP contribution in [0.2, 0.25) is 0 Å². The fraction of sp³-hybridized carbons (Fsp3) is 0.714. The number of hydrogen-bond donors (Lipinski definition) is 0. The molecule has 4 heteroatoms. The molecule has 1 saturated heterocycles. The standard InChI is InChI=1S/C5H8N2OS.C2H6/c1-6-3-4(9)7(2)5(6)8;1-2/h3H2,1-2H3;1-2H3. The van der Waals surface area contributed by atoms with Crippen molar-refractivity contribution >= 4 is 23.2 Å². The predicted octanol–water partition coefficient (Wildman–Crippen LogP) is 1.34. The van der Waals surface area contributed by atoms with Crippen molar-refractivity contribution in [3.05, 3.63) is 0 Å². The third-order valence-electron chi connectivity index (χ3n) is 1.36. The highest BCUT2D eigenvalue weighted by Gasteiger charge is 2.26. The van der Waals surface area contributed by atoms with Gasteiger partial charge in [0.1, 0.15) is 4.99 Å². The zero-order valence-electron chi connectivity index (χ0n) is 7.42. The maximum atomic E-state index is 10.9. The van der Waals surface area contributed by atoms with E-state index in [0.717, 1.165) is 0 Å². The molecule has 11 heavy (non-hydrogen) atoms. The van der Waals surface area contributed by atoms with Crippen molar-refractivity contribution in [1.29, 1.82) is 0 Å². The lowest BCUT2D eigenvalue weighted by molar-refractivity contribution is 0.209. The van der Waals surface area contributed by atoms with Gasteiger partial charge in [0.05, 0.1) is 6.54 Å². The van der Waals surface area contributed by atoms with E-state index >= 15 is 0 Å². The molecular formula is C7H14N2OS. The van der Waals surface area contributed by atoms with Crippen molar-refractivity contribution in [2.75, 3.05) is 20.6 Å². The minimum atomic E-state index is -0.0139. The molecule has 1 rings (SSSR count). The average molecular weight is 174 g/mol. The van der Waals surface area contributed by atoms with Crippen LogP contribution in [0.25, 0.3) is 0 Å². The van der Waals surface area contributed by atoms with E-state index in [9.17, 15) is 4.79 Å². The number of carbonyl (C=O) groups excluding carboxylic acids is 1. The van der Waals surface area contributed by atoms with Gasteiger partial charge in [-0.2, -0.15) is 0 Å². The van der Waals surface area contributed by atoms with Gasteiger partial charge in [-0.25, -0.2) is 4.79 Å². The van der Waals surface area contributed by atoms with Crippen molar-refractivity contribution in [3.8, 4) is 0 Å². The van der Waals surface area contributed by atoms with Gasteiger partial charge in [0, 0.05) is 14.1 Å². The highest BCUT2D eigenvalue weighted by atomic mass is 32.1. The second kappa shape index (κ2) is 4.28. The van der Waals surface area contributed by atoms with Gasteiger partial charge in [0.15, 0.2) is 0 Å². The van der Waals surface area contributed by atoms with Crippen LogP contribution in [0.3, 0.4) is 0 Å². The lowest BCUT2D eigenvalue weighted by Crippen LogP contribution is -2.26. The molecule has 0 saturated carbocycles. The Labute approximate surface area is 73.0 Å². The Hall–Kier alpha value is -0.640. The summed E-state index contributed by atoms with van der Waals surface area (Å²) >= 11 is 4.86. The maximum absolute atomic E-state index is 10.9. The van der Waals surface area contributed by atoms with Crippen LogP contribution in [0.5, 0.6) is 0 Å². The Balaban J connectivity index is 0.000000461. The molecule has 3 nitrogen and oxygen atoms in total. The van der Waals surface area contributed by atoms with E-state index in [4.69, 9.17) is 12.2 Å². The molecule has 0 bridgehead atoms. The van der Waals surface area contributed by atoms with E-state index in [-0.39, 0.29) is 6.03 Å². The SMILES string of the molecule is CC.CN1CC(=S)N(C)C1=O. The predicted molar refractivity (Wildman–Crippen MR) is 49.7 cm³/mol. The maximum Gasteiger partial charge on any atom is 0.324 e. The first-order chi connectivity index (χ1) is 5.13. The Morgan fingerprint density at radius 2 is 1.82 bits per heavy atom. The normalized spacial score (nSPS) is 16.7. The Bertz CT molecular complexity index is 170. The third kappa shape index (κ3) is 2.15. The van der Waals surface area contributed by atoms with Crippen LogP contribution in [0, 0.1) is 0 Å². The second-order valence-electron chi connectivity index (χ2n) is 2.09. The lowest BCUT2D eigenvalue weighted by atomic mass is 10.6. The number of urea groups is 1.